The zero-order valence-electron chi connectivity index (χ0n) is 14.5. The Hall–Kier alpha value is -1.75. The maximum absolute atomic E-state index is 12.6. The second-order valence-corrected chi connectivity index (χ2v) is 6.35. The summed E-state index contributed by atoms with van der Waals surface area (Å²) in [5, 5.41) is 0. The van der Waals surface area contributed by atoms with Gasteiger partial charge >= 0.3 is 0 Å². The summed E-state index contributed by atoms with van der Waals surface area (Å²) < 4.78 is 5.71. The van der Waals surface area contributed by atoms with Crippen LogP contribution in [0.5, 0.6) is 5.75 Å². The molecular formula is C18H29N3O2. The molecule has 1 aliphatic rings. The molecule has 1 atom stereocenters. The van der Waals surface area contributed by atoms with E-state index in [1.807, 2.05) is 36.9 Å². The number of hydrogen-bond donors (Lipinski definition) is 1. The Bertz CT molecular complexity index is 523. The van der Waals surface area contributed by atoms with Crippen molar-refractivity contribution in [3.8, 4) is 5.75 Å². The Labute approximate surface area is 139 Å². The van der Waals surface area contributed by atoms with Crippen molar-refractivity contribution in [1.82, 2.24) is 4.90 Å². The lowest BCUT2D eigenvalue weighted by Crippen LogP contribution is -2.58. The zero-order valence-corrected chi connectivity index (χ0v) is 14.5. The van der Waals surface area contributed by atoms with Gasteiger partial charge in [-0.1, -0.05) is 25.5 Å². The fraction of sp³-hybridized carbons (Fsp3) is 0.611. The summed E-state index contributed by atoms with van der Waals surface area (Å²) in [4.78, 5) is 16.8. The number of anilines is 1. The summed E-state index contributed by atoms with van der Waals surface area (Å²) in [5.41, 5.74) is 6.54. The first-order valence-corrected chi connectivity index (χ1v) is 8.54. The molecule has 0 saturated carbocycles. The lowest BCUT2D eigenvalue weighted by molar-refractivity contribution is -0.137. The number of nitrogens with two attached hydrogens (primary N) is 1. The molecule has 0 aliphatic carbocycles. The maximum Gasteiger partial charge on any atom is 0.242 e. The quantitative estimate of drug-likeness (QED) is 0.874. The van der Waals surface area contributed by atoms with Gasteiger partial charge in [0.05, 0.1) is 17.8 Å². The van der Waals surface area contributed by atoms with Crippen LogP contribution >= 0.6 is 0 Å². The number of benzene rings is 1. The largest absolute Gasteiger partial charge is 0.492 e. The van der Waals surface area contributed by atoms with Crippen LogP contribution in [0.1, 0.15) is 33.6 Å². The lowest BCUT2D eigenvalue weighted by Gasteiger charge is -2.39. The summed E-state index contributed by atoms with van der Waals surface area (Å²) in [5.74, 6) is 0.974. The highest BCUT2D eigenvalue weighted by Crippen LogP contribution is 2.29. The highest BCUT2D eigenvalue weighted by molar-refractivity contribution is 5.86. The molecule has 0 spiro atoms. The van der Waals surface area contributed by atoms with E-state index < -0.39 is 5.54 Å². The normalized spacial score (nSPS) is 17.7. The van der Waals surface area contributed by atoms with Crippen molar-refractivity contribution in [3.63, 3.8) is 0 Å². The van der Waals surface area contributed by atoms with E-state index >= 15 is 0 Å². The molecule has 0 aromatic heterocycles. The number of rotatable bonds is 6. The van der Waals surface area contributed by atoms with Crippen LogP contribution in [-0.2, 0) is 4.79 Å². The van der Waals surface area contributed by atoms with E-state index in [9.17, 15) is 4.79 Å². The molecule has 1 aliphatic heterocycles. The van der Waals surface area contributed by atoms with Crippen LogP contribution < -0.4 is 15.4 Å². The Morgan fingerprint density at radius 1 is 1.22 bits per heavy atom. The molecule has 1 saturated heterocycles. The molecule has 128 valence electrons. The van der Waals surface area contributed by atoms with E-state index in [-0.39, 0.29) is 5.91 Å². The first-order chi connectivity index (χ1) is 11.0. The zero-order chi connectivity index (χ0) is 16.9. The Morgan fingerprint density at radius 2 is 1.87 bits per heavy atom. The van der Waals surface area contributed by atoms with Crippen LogP contribution in [0, 0.1) is 0 Å². The molecule has 1 aromatic carbocycles. The van der Waals surface area contributed by atoms with Crippen LogP contribution in [0.2, 0.25) is 0 Å². The van der Waals surface area contributed by atoms with Crippen LogP contribution in [-0.4, -0.2) is 49.1 Å². The van der Waals surface area contributed by atoms with Crippen LogP contribution in [0.3, 0.4) is 0 Å². The van der Waals surface area contributed by atoms with E-state index in [0.717, 1.165) is 37.4 Å². The number of nitrogens with zero attached hydrogens (tertiary/aromatic N) is 2. The molecule has 2 N–H and O–H groups in total. The summed E-state index contributed by atoms with van der Waals surface area (Å²) in [7, 11) is 0. The lowest BCUT2D eigenvalue weighted by atomic mass is 9.95. The van der Waals surface area contributed by atoms with E-state index in [2.05, 4.69) is 17.9 Å². The van der Waals surface area contributed by atoms with Gasteiger partial charge < -0.3 is 20.3 Å². The van der Waals surface area contributed by atoms with E-state index in [1.165, 1.54) is 0 Å². The van der Waals surface area contributed by atoms with E-state index in [0.29, 0.717) is 19.7 Å². The predicted octanol–water partition coefficient (Wildman–Crippen LogP) is 2.25. The Kier molecular flexibility index (Phi) is 5.88. The van der Waals surface area contributed by atoms with Gasteiger partial charge in [0.15, 0.2) is 0 Å². The average Bonchev–Trinajstić information content (AvgIpc) is 2.55. The van der Waals surface area contributed by atoms with Crippen molar-refractivity contribution in [2.45, 2.75) is 39.2 Å². The fourth-order valence-corrected chi connectivity index (χ4v) is 3.13. The molecule has 1 unspecified atom stereocenters. The van der Waals surface area contributed by atoms with Crippen LogP contribution in [0.15, 0.2) is 24.3 Å². The van der Waals surface area contributed by atoms with Gasteiger partial charge in [0.25, 0.3) is 0 Å². The molecule has 1 heterocycles. The second-order valence-electron chi connectivity index (χ2n) is 6.35. The molecule has 2 rings (SSSR count). The highest BCUT2D eigenvalue weighted by atomic mass is 16.5. The standard InChI is InChI=1S/C18H29N3O2/c1-4-10-18(3,19)17(22)21-13-11-20(12-14-21)15-8-6-7-9-16(15)23-5-2/h6-9H,4-5,10-14,19H2,1-3H3. The smallest absolute Gasteiger partial charge is 0.242 e. The average molecular weight is 319 g/mol. The third kappa shape index (κ3) is 4.16. The first-order valence-electron chi connectivity index (χ1n) is 8.54. The number of amides is 1. The second kappa shape index (κ2) is 7.68. The minimum atomic E-state index is -0.750. The Balaban J connectivity index is 2.00. The summed E-state index contributed by atoms with van der Waals surface area (Å²) in [6.07, 6.45) is 1.64. The van der Waals surface area contributed by atoms with Crippen molar-refractivity contribution in [1.29, 1.82) is 0 Å². The van der Waals surface area contributed by atoms with Gasteiger partial charge in [-0.05, 0) is 32.4 Å². The Morgan fingerprint density at radius 3 is 2.48 bits per heavy atom. The summed E-state index contributed by atoms with van der Waals surface area (Å²) >= 11 is 0. The summed E-state index contributed by atoms with van der Waals surface area (Å²) in [6.45, 7) is 9.56. The topological polar surface area (TPSA) is 58.8 Å². The molecule has 5 heteroatoms. The predicted molar refractivity (Wildman–Crippen MR) is 93.9 cm³/mol. The van der Waals surface area contributed by atoms with Gasteiger partial charge in [0.1, 0.15) is 5.75 Å². The number of ether oxygens (including phenoxy) is 1. The third-order valence-corrected chi connectivity index (χ3v) is 4.33. The van der Waals surface area contributed by atoms with Gasteiger partial charge in [0.2, 0.25) is 5.91 Å². The number of hydrogen-bond acceptors (Lipinski definition) is 4. The van der Waals surface area contributed by atoms with Crippen molar-refractivity contribution in [3.05, 3.63) is 24.3 Å². The molecule has 0 bridgehead atoms. The van der Waals surface area contributed by atoms with E-state index in [4.69, 9.17) is 10.5 Å². The molecule has 23 heavy (non-hydrogen) atoms. The molecular weight excluding hydrogens is 290 g/mol. The minimum Gasteiger partial charge on any atom is -0.492 e. The molecule has 0 radical (unpaired) electrons. The fourth-order valence-electron chi connectivity index (χ4n) is 3.13. The number of piperazine rings is 1. The SMILES string of the molecule is CCCC(C)(N)C(=O)N1CCN(c2ccccc2OCC)CC1. The maximum atomic E-state index is 12.6. The van der Waals surface area contributed by atoms with Crippen molar-refractivity contribution < 1.29 is 9.53 Å². The number of para-hydroxylation sites is 2. The van der Waals surface area contributed by atoms with Crippen molar-refractivity contribution in [2.75, 3.05) is 37.7 Å². The molecule has 1 fully saturated rings. The summed E-state index contributed by atoms with van der Waals surface area (Å²) in [6, 6.07) is 8.08. The van der Waals surface area contributed by atoms with Crippen molar-refractivity contribution in [2.24, 2.45) is 5.73 Å². The van der Waals surface area contributed by atoms with Crippen molar-refractivity contribution >= 4 is 11.6 Å². The van der Waals surface area contributed by atoms with Gasteiger partial charge in [0, 0.05) is 26.2 Å². The van der Waals surface area contributed by atoms with Gasteiger partial charge in [-0.2, -0.15) is 0 Å². The van der Waals surface area contributed by atoms with Gasteiger partial charge in [-0.3, -0.25) is 4.79 Å². The van der Waals surface area contributed by atoms with Gasteiger partial charge in [-0.25, -0.2) is 0 Å². The first kappa shape index (κ1) is 17.6. The molecule has 1 aromatic rings. The molecule has 1 amide bonds. The van der Waals surface area contributed by atoms with Crippen LogP contribution in [0.4, 0.5) is 5.69 Å². The monoisotopic (exact) mass is 319 g/mol. The highest BCUT2D eigenvalue weighted by Gasteiger charge is 2.33. The third-order valence-electron chi connectivity index (χ3n) is 4.33. The van der Waals surface area contributed by atoms with Gasteiger partial charge in [-0.15, -0.1) is 0 Å². The minimum absolute atomic E-state index is 0.0668. The molecule has 5 nitrogen and oxygen atoms in total. The number of carbonyl (C=O) groups is 1. The van der Waals surface area contributed by atoms with E-state index in [1.54, 1.807) is 0 Å². The number of carbonyl (C=O) groups excluding carboxylic acids is 1. The van der Waals surface area contributed by atoms with Crippen LogP contribution in [0.25, 0.3) is 0 Å².